The molecule has 1 fully saturated rings. The smallest absolute Gasteiger partial charge is 0.262 e. The highest BCUT2D eigenvalue weighted by Gasteiger charge is 2.28. The number of anilines is 1. The van der Waals surface area contributed by atoms with E-state index in [9.17, 15) is 18.0 Å². The van der Waals surface area contributed by atoms with Gasteiger partial charge < -0.3 is 19.7 Å². The van der Waals surface area contributed by atoms with Crippen molar-refractivity contribution < 1.29 is 27.4 Å². The number of benzene rings is 2. The maximum atomic E-state index is 14.6. The van der Waals surface area contributed by atoms with E-state index in [1.807, 2.05) is 11.8 Å². The van der Waals surface area contributed by atoms with Crippen LogP contribution in [0.2, 0.25) is 0 Å². The molecule has 1 atom stereocenters. The number of fused-ring (bicyclic) bond motifs is 1. The molecule has 8 heteroatoms. The van der Waals surface area contributed by atoms with Crippen LogP contribution in [-0.4, -0.2) is 36.6 Å². The van der Waals surface area contributed by atoms with Crippen LogP contribution in [0.25, 0.3) is 5.70 Å². The van der Waals surface area contributed by atoms with E-state index >= 15 is 0 Å². The Morgan fingerprint density at radius 3 is 2.65 bits per heavy atom. The first-order chi connectivity index (χ1) is 14.8. The summed E-state index contributed by atoms with van der Waals surface area (Å²) in [5.74, 6) is -1.64. The van der Waals surface area contributed by atoms with Gasteiger partial charge in [0.1, 0.15) is 17.4 Å². The lowest BCUT2D eigenvalue weighted by Crippen LogP contribution is -2.37. The standard InChI is InChI=1S/C23H23F3N2O3/c1-13(17-10-20-22(11-18(17)25)30-12-23(29)27-20)28-7-5-15(6-8-28)14(2)31-21-4-3-16(24)9-19(21)26/h3-4,9-11,14-15H,1,5-8,12H2,2H3,(H,27,29). The average Bonchev–Trinajstić information content (AvgIpc) is 2.75. The number of rotatable bonds is 5. The van der Waals surface area contributed by atoms with Gasteiger partial charge in [0.05, 0.1) is 11.8 Å². The van der Waals surface area contributed by atoms with Gasteiger partial charge in [-0.1, -0.05) is 6.58 Å². The van der Waals surface area contributed by atoms with E-state index in [1.165, 1.54) is 12.1 Å². The number of carbonyl (C=O) groups is 1. The lowest BCUT2D eigenvalue weighted by atomic mass is 9.91. The Morgan fingerprint density at radius 1 is 1.19 bits per heavy atom. The second-order valence-electron chi connectivity index (χ2n) is 7.83. The fourth-order valence-electron chi connectivity index (χ4n) is 4.00. The Bertz CT molecular complexity index is 1020. The quantitative estimate of drug-likeness (QED) is 0.751. The first kappa shape index (κ1) is 21.1. The minimum Gasteiger partial charge on any atom is -0.487 e. The summed E-state index contributed by atoms with van der Waals surface area (Å²) in [7, 11) is 0. The predicted octanol–water partition coefficient (Wildman–Crippen LogP) is 4.59. The highest BCUT2D eigenvalue weighted by molar-refractivity contribution is 5.96. The number of halogens is 3. The number of ether oxygens (including phenoxy) is 2. The minimum absolute atomic E-state index is 0.0288. The van der Waals surface area contributed by atoms with Crippen molar-refractivity contribution in [2.45, 2.75) is 25.9 Å². The van der Waals surface area contributed by atoms with Crippen LogP contribution in [0.3, 0.4) is 0 Å². The summed E-state index contributed by atoms with van der Waals surface area (Å²) in [6.07, 6.45) is 1.23. The monoisotopic (exact) mass is 432 g/mol. The average molecular weight is 432 g/mol. The molecule has 0 bridgehead atoms. The number of carbonyl (C=O) groups excluding carboxylic acids is 1. The van der Waals surface area contributed by atoms with Gasteiger partial charge in [-0.15, -0.1) is 0 Å². The number of nitrogens with one attached hydrogen (secondary N) is 1. The lowest BCUT2D eigenvalue weighted by molar-refractivity contribution is -0.118. The van der Waals surface area contributed by atoms with Crippen LogP contribution in [0, 0.1) is 23.4 Å². The molecule has 31 heavy (non-hydrogen) atoms. The van der Waals surface area contributed by atoms with Gasteiger partial charge in [0, 0.05) is 36.5 Å². The molecular weight excluding hydrogens is 409 g/mol. The molecule has 0 aromatic heterocycles. The molecule has 1 unspecified atom stereocenters. The van der Waals surface area contributed by atoms with Gasteiger partial charge in [0.2, 0.25) is 0 Å². The Labute approximate surface area is 178 Å². The third-order valence-corrected chi connectivity index (χ3v) is 5.80. The van der Waals surface area contributed by atoms with Crippen LogP contribution >= 0.6 is 0 Å². The Kier molecular flexibility index (Phi) is 5.80. The normalized spacial score (nSPS) is 17.4. The number of piperidine rings is 1. The van der Waals surface area contributed by atoms with Crippen LogP contribution in [0.4, 0.5) is 18.9 Å². The maximum absolute atomic E-state index is 14.6. The van der Waals surface area contributed by atoms with E-state index in [-0.39, 0.29) is 30.3 Å². The van der Waals surface area contributed by atoms with Gasteiger partial charge in [-0.2, -0.15) is 0 Å². The second kappa shape index (κ2) is 8.53. The van der Waals surface area contributed by atoms with Gasteiger partial charge >= 0.3 is 0 Å². The summed E-state index contributed by atoms with van der Waals surface area (Å²) in [5, 5.41) is 2.68. The van der Waals surface area contributed by atoms with Crippen molar-refractivity contribution in [3.05, 3.63) is 59.9 Å². The van der Waals surface area contributed by atoms with E-state index < -0.39 is 17.5 Å². The van der Waals surface area contributed by atoms with Crippen LogP contribution in [0.15, 0.2) is 36.9 Å². The summed E-state index contributed by atoms with van der Waals surface area (Å²) in [5.41, 5.74) is 1.25. The molecule has 1 N–H and O–H groups in total. The van der Waals surface area contributed by atoms with Gasteiger partial charge in [-0.25, -0.2) is 13.2 Å². The zero-order chi connectivity index (χ0) is 22.1. The van der Waals surface area contributed by atoms with Crippen molar-refractivity contribution in [1.82, 2.24) is 4.90 Å². The van der Waals surface area contributed by atoms with Crippen molar-refractivity contribution in [3.63, 3.8) is 0 Å². The molecule has 5 nitrogen and oxygen atoms in total. The molecule has 1 saturated heterocycles. The summed E-state index contributed by atoms with van der Waals surface area (Å²) in [4.78, 5) is 13.5. The second-order valence-corrected chi connectivity index (χ2v) is 7.83. The largest absolute Gasteiger partial charge is 0.487 e. The SMILES string of the molecule is C=C(c1cc2c(cc1F)OCC(=O)N2)N1CCC(C(C)Oc2ccc(F)cc2F)CC1. The van der Waals surface area contributed by atoms with Crippen LogP contribution < -0.4 is 14.8 Å². The summed E-state index contributed by atoms with van der Waals surface area (Å²) in [6, 6.07) is 6.06. The summed E-state index contributed by atoms with van der Waals surface area (Å²) < 4.78 is 52.5. The van der Waals surface area contributed by atoms with Crippen LogP contribution in [-0.2, 0) is 4.79 Å². The topological polar surface area (TPSA) is 50.8 Å². The van der Waals surface area contributed by atoms with E-state index in [0.717, 1.165) is 25.0 Å². The molecular formula is C23H23F3N2O3. The fourth-order valence-corrected chi connectivity index (χ4v) is 4.00. The zero-order valence-corrected chi connectivity index (χ0v) is 17.1. The Hall–Kier alpha value is -3.16. The Balaban J connectivity index is 1.39. The van der Waals surface area contributed by atoms with E-state index in [0.29, 0.717) is 35.8 Å². The number of hydrogen-bond donors (Lipinski definition) is 1. The first-order valence-corrected chi connectivity index (χ1v) is 10.1. The van der Waals surface area contributed by atoms with Crippen molar-refractivity contribution >= 4 is 17.3 Å². The summed E-state index contributed by atoms with van der Waals surface area (Å²) >= 11 is 0. The van der Waals surface area contributed by atoms with E-state index in [4.69, 9.17) is 9.47 Å². The number of nitrogens with zero attached hydrogens (tertiary/aromatic N) is 1. The molecule has 2 aromatic carbocycles. The molecule has 164 valence electrons. The number of amides is 1. The van der Waals surface area contributed by atoms with Crippen molar-refractivity contribution in [2.75, 3.05) is 25.0 Å². The van der Waals surface area contributed by atoms with E-state index in [1.54, 1.807) is 6.07 Å². The van der Waals surface area contributed by atoms with Crippen molar-refractivity contribution in [1.29, 1.82) is 0 Å². The molecule has 2 aromatic rings. The minimum atomic E-state index is -0.725. The Morgan fingerprint density at radius 2 is 1.94 bits per heavy atom. The highest BCUT2D eigenvalue weighted by atomic mass is 19.1. The highest BCUT2D eigenvalue weighted by Crippen LogP contribution is 2.35. The fraction of sp³-hybridized carbons (Fsp3) is 0.348. The number of hydrogen-bond acceptors (Lipinski definition) is 4. The van der Waals surface area contributed by atoms with Crippen molar-refractivity contribution in [3.8, 4) is 11.5 Å². The summed E-state index contributed by atoms with van der Waals surface area (Å²) in [6.45, 7) is 7.03. The maximum Gasteiger partial charge on any atom is 0.262 e. The lowest BCUT2D eigenvalue weighted by Gasteiger charge is -2.37. The molecule has 2 aliphatic heterocycles. The van der Waals surface area contributed by atoms with E-state index in [2.05, 4.69) is 11.9 Å². The molecule has 1 amide bonds. The third kappa shape index (κ3) is 4.47. The molecule has 2 aliphatic rings. The first-order valence-electron chi connectivity index (χ1n) is 10.1. The molecule has 0 spiro atoms. The third-order valence-electron chi connectivity index (χ3n) is 5.80. The zero-order valence-electron chi connectivity index (χ0n) is 17.1. The van der Waals surface area contributed by atoms with Gasteiger partial charge in [-0.05, 0) is 43.9 Å². The number of likely N-dealkylation sites (tertiary alicyclic amines) is 1. The van der Waals surface area contributed by atoms with Crippen LogP contribution in [0.1, 0.15) is 25.3 Å². The predicted molar refractivity (Wildman–Crippen MR) is 110 cm³/mol. The molecule has 0 radical (unpaired) electrons. The molecule has 2 heterocycles. The molecule has 4 rings (SSSR count). The molecule has 0 saturated carbocycles. The van der Waals surface area contributed by atoms with Gasteiger partial charge in [-0.3, -0.25) is 4.79 Å². The van der Waals surface area contributed by atoms with Crippen LogP contribution in [0.5, 0.6) is 11.5 Å². The van der Waals surface area contributed by atoms with Gasteiger partial charge in [0.25, 0.3) is 5.91 Å². The van der Waals surface area contributed by atoms with Crippen molar-refractivity contribution in [2.24, 2.45) is 5.92 Å². The van der Waals surface area contributed by atoms with Gasteiger partial charge in [0.15, 0.2) is 18.2 Å². The molecule has 0 aliphatic carbocycles.